The average molecular weight is 261 g/mol. The van der Waals surface area contributed by atoms with E-state index >= 15 is 0 Å². The summed E-state index contributed by atoms with van der Waals surface area (Å²) in [6.07, 6.45) is 3.86. The summed E-state index contributed by atoms with van der Waals surface area (Å²) in [4.78, 5) is 22.6. The molecule has 2 atom stereocenters. The first-order valence-electron chi connectivity index (χ1n) is 6.03. The fraction of sp³-hybridized carbons (Fsp3) is 0.286. The molecule has 2 unspecified atom stereocenters. The minimum atomic E-state index is -0.874. The molecule has 1 amide bonds. The van der Waals surface area contributed by atoms with Crippen LogP contribution in [0.3, 0.4) is 0 Å². The molecule has 100 valence electrons. The van der Waals surface area contributed by atoms with Crippen LogP contribution >= 0.6 is 0 Å². The van der Waals surface area contributed by atoms with E-state index in [1.165, 1.54) is 6.07 Å². The zero-order valence-electron chi connectivity index (χ0n) is 10.2. The van der Waals surface area contributed by atoms with Crippen LogP contribution in [-0.4, -0.2) is 28.1 Å². The van der Waals surface area contributed by atoms with Crippen molar-refractivity contribution in [2.45, 2.75) is 18.9 Å². The summed E-state index contributed by atoms with van der Waals surface area (Å²) in [6, 6.07) is 6.27. The number of carboxylic acid groups (broad SMARTS) is 1. The van der Waals surface area contributed by atoms with Crippen molar-refractivity contribution in [3.05, 3.63) is 42.0 Å². The van der Waals surface area contributed by atoms with Crippen LogP contribution in [-0.2, 0) is 16.0 Å². The minimum Gasteiger partial charge on any atom is -0.508 e. The normalized spacial score (nSPS) is 21.3. The Kier molecular flexibility index (Phi) is 3.85. The van der Waals surface area contributed by atoms with Crippen molar-refractivity contribution in [1.82, 2.24) is 5.32 Å². The lowest BCUT2D eigenvalue weighted by molar-refractivity contribution is -0.140. The maximum absolute atomic E-state index is 11.8. The molecule has 0 bridgehead atoms. The summed E-state index contributed by atoms with van der Waals surface area (Å²) in [5.74, 6) is -1.46. The van der Waals surface area contributed by atoms with Gasteiger partial charge in [0.15, 0.2) is 0 Å². The van der Waals surface area contributed by atoms with Crippen LogP contribution in [0.5, 0.6) is 5.75 Å². The van der Waals surface area contributed by atoms with Gasteiger partial charge in [0.2, 0.25) is 5.91 Å². The lowest BCUT2D eigenvalue weighted by Crippen LogP contribution is -2.34. The highest BCUT2D eigenvalue weighted by Crippen LogP contribution is 2.18. The second-order valence-corrected chi connectivity index (χ2v) is 4.59. The molecule has 0 saturated carbocycles. The SMILES string of the molecule is O=C(Cc1cccc(O)c1)NC1C=CC(C(=O)O)C1. The molecule has 1 aliphatic rings. The lowest BCUT2D eigenvalue weighted by Gasteiger charge is -2.12. The van der Waals surface area contributed by atoms with E-state index in [1.54, 1.807) is 30.4 Å². The number of carbonyl (C=O) groups is 2. The summed E-state index contributed by atoms with van der Waals surface area (Å²) < 4.78 is 0. The van der Waals surface area contributed by atoms with E-state index in [9.17, 15) is 14.7 Å². The van der Waals surface area contributed by atoms with Crippen molar-refractivity contribution < 1.29 is 19.8 Å². The number of phenolic OH excluding ortho intramolecular Hbond substituents is 1. The van der Waals surface area contributed by atoms with E-state index in [0.717, 1.165) is 0 Å². The zero-order valence-corrected chi connectivity index (χ0v) is 10.2. The maximum atomic E-state index is 11.8. The predicted octanol–water partition coefficient (Wildman–Crippen LogP) is 1.08. The van der Waals surface area contributed by atoms with E-state index in [0.29, 0.717) is 12.0 Å². The van der Waals surface area contributed by atoms with Gasteiger partial charge in [-0.25, -0.2) is 0 Å². The van der Waals surface area contributed by atoms with Gasteiger partial charge in [-0.1, -0.05) is 24.3 Å². The minimum absolute atomic E-state index is 0.122. The van der Waals surface area contributed by atoms with Gasteiger partial charge in [0.05, 0.1) is 12.3 Å². The highest BCUT2D eigenvalue weighted by atomic mass is 16.4. The van der Waals surface area contributed by atoms with Crippen LogP contribution in [0.2, 0.25) is 0 Å². The first-order chi connectivity index (χ1) is 9.04. The van der Waals surface area contributed by atoms with Gasteiger partial charge < -0.3 is 15.5 Å². The molecule has 1 aromatic carbocycles. The second-order valence-electron chi connectivity index (χ2n) is 4.59. The number of carbonyl (C=O) groups excluding carboxylic acids is 1. The van der Waals surface area contributed by atoms with Gasteiger partial charge in [0, 0.05) is 6.04 Å². The topological polar surface area (TPSA) is 86.6 Å². The Hall–Kier alpha value is -2.30. The first-order valence-corrected chi connectivity index (χ1v) is 6.03. The quantitative estimate of drug-likeness (QED) is 0.708. The Morgan fingerprint density at radius 3 is 2.74 bits per heavy atom. The molecule has 0 radical (unpaired) electrons. The molecule has 0 spiro atoms. The molecule has 5 heteroatoms. The molecule has 3 N–H and O–H groups in total. The summed E-state index contributed by atoms with van der Waals surface area (Å²) in [5.41, 5.74) is 0.717. The molecule has 0 aromatic heterocycles. The third-order valence-corrected chi connectivity index (χ3v) is 3.02. The Bertz CT molecular complexity index is 524. The molecule has 0 fully saturated rings. The second kappa shape index (κ2) is 5.56. The Labute approximate surface area is 110 Å². The molecule has 1 aliphatic carbocycles. The average Bonchev–Trinajstić information content (AvgIpc) is 2.77. The van der Waals surface area contributed by atoms with E-state index in [4.69, 9.17) is 5.11 Å². The molecular formula is C14H15NO4. The number of aliphatic carboxylic acids is 1. The van der Waals surface area contributed by atoms with E-state index < -0.39 is 11.9 Å². The summed E-state index contributed by atoms with van der Waals surface area (Å²) >= 11 is 0. The Morgan fingerprint density at radius 2 is 2.11 bits per heavy atom. The van der Waals surface area contributed by atoms with Crippen molar-refractivity contribution in [2.24, 2.45) is 5.92 Å². The molecule has 1 aromatic rings. The van der Waals surface area contributed by atoms with Gasteiger partial charge in [-0.3, -0.25) is 9.59 Å². The highest BCUT2D eigenvalue weighted by Gasteiger charge is 2.25. The van der Waals surface area contributed by atoms with E-state index in [1.807, 2.05) is 0 Å². The van der Waals surface area contributed by atoms with Gasteiger partial charge in [0.25, 0.3) is 0 Å². The number of carboxylic acids is 1. The molecule has 0 heterocycles. The number of hydrogen-bond donors (Lipinski definition) is 3. The monoisotopic (exact) mass is 261 g/mol. The largest absolute Gasteiger partial charge is 0.508 e. The summed E-state index contributed by atoms with van der Waals surface area (Å²) in [6.45, 7) is 0. The van der Waals surface area contributed by atoms with Crippen molar-refractivity contribution in [3.8, 4) is 5.75 Å². The van der Waals surface area contributed by atoms with E-state index in [2.05, 4.69) is 5.32 Å². The van der Waals surface area contributed by atoms with Gasteiger partial charge in [0.1, 0.15) is 5.75 Å². The van der Waals surface area contributed by atoms with Crippen molar-refractivity contribution in [3.63, 3.8) is 0 Å². The summed E-state index contributed by atoms with van der Waals surface area (Å²) in [5, 5.41) is 20.9. The number of phenols is 1. The van der Waals surface area contributed by atoms with E-state index in [-0.39, 0.29) is 24.1 Å². The van der Waals surface area contributed by atoms with Gasteiger partial charge in [-0.2, -0.15) is 0 Å². The van der Waals surface area contributed by atoms with Crippen LogP contribution in [0, 0.1) is 5.92 Å². The lowest BCUT2D eigenvalue weighted by atomic mass is 10.1. The number of rotatable bonds is 4. The fourth-order valence-electron chi connectivity index (χ4n) is 2.10. The Balaban J connectivity index is 1.86. The van der Waals surface area contributed by atoms with Gasteiger partial charge in [-0.05, 0) is 24.1 Å². The molecule has 0 saturated heterocycles. The zero-order chi connectivity index (χ0) is 13.8. The Morgan fingerprint density at radius 1 is 1.32 bits per heavy atom. The fourth-order valence-corrected chi connectivity index (χ4v) is 2.10. The molecule has 19 heavy (non-hydrogen) atoms. The van der Waals surface area contributed by atoms with Crippen LogP contribution < -0.4 is 5.32 Å². The number of aromatic hydroxyl groups is 1. The van der Waals surface area contributed by atoms with Gasteiger partial charge in [-0.15, -0.1) is 0 Å². The van der Waals surface area contributed by atoms with Crippen molar-refractivity contribution in [1.29, 1.82) is 0 Å². The summed E-state index contributed by atoms with van der Waals surface area (Å²) in [7, 11) is 0. The maximum Gasteiger partial charge on any atom is 0.310 e. The van der Waals surface area contributed by atoms with Crippen molar-refractivity contribution >= 4 is 11.9 Å². The smallest absolute Gasteiger partial charge is 0.310 e. The van der Waals surface area contributed by atoms with Crippen LogP contribution in [0.15, 0.2) is 36.4 Å². The predicted molar refractivity (Wildman–Crippen MR) is 68.6 cm³/mol. The third kappa shape index (κ3) is 3.58. The standard InChI is InChI=1S/C14H15NO4/c16-12-3-1-2-9(6-12)7-13(17)15-11-5-4-10(8-11)14(18)19/h1-6,10-11,16H,7-8H2,(H,15,17)(H,18,19). The molecule has 0 aliphatic heterocycles. The van der Waals surface area contributed by atoms with Gasteiger partial charge >= 0.3 is 5.97 Å². The molecular weight excluding hydrogens is 246 g/mol. The van der Waals surface area contributed by atoms with Crippen LogP contribution in [0.1, 0.15) is 12.0 Å². The third-order valence-electron chi connectivity index (χ3n) is 3.02. The van der Waals surface area contributed by atoms with Crippen LogP contribution in [0.25, 0.3) is 0 Å². The number of nitrogens with one attached hydrogen (secondary N) is 1. The molecule has 2 rings (SSSR count). The highest BCUT2D eigenvalue weighted by molar-refractivity contribution is 5.80. The number of benzene rings is 1. The number of amides is 1. The molecule has 5 nitrogen and oxygen atoms in total. The van der Waals surface area contributed by atoms with Crippen molar-refractivity contribution in [2.75, 3.05) is 0 Å². The first kappa shape index (κ1) is 13.1. The number of hydrogen-bond acceptors (Lipinski definition) is 3. The van der Waals surface area contributed by atoms with Crippen LogP contribution in [0.4, 0.5) is 0 Å².